The van der Waals surface area contributed by atoms with Crippen LogP contribution in [0.2, 0.25) is 0 Å². The van der Waals surface area contributed by atoms with Crippen molar-refractivity contribution in [1.82, 2.24) is 25.1 Å². The second-order valence-corrected chi connectivity index (χ2v) is 6.64. The van der Waals surface area contributed by atoms with Crippen molar-refractivity contribution in [3.8, 4) is 28.8 Å². The molecule has 10 heteroatoms. The van der Waals surface area contributed by atoms with Crippen molar-refractivity contribution in [3.05, 3.63) is 66.5 Å². The Morgan fingerprint density at radius 3 is 2.66 bits per heavy atom. The number of fused-ring (bicyclic) bond motifs is 1. The number of carbonyl (C=O) groups excluding carboxylic acids is 1. The molecule has 0 fully saturated rings. The Kier molecular flexibility index (Phi) is 6.40. The Balaban J connectivity index is 1.30. The standard InChI is InChI=1S/C22H20FN5O4/c1-30-17-7-5-15(6-8-17)22-26-25-19-9-10-21(27-28(19)22)31-12-11-24-20(29)14-32-18-4-2-3-16(23)13-18/h2-10,13H,11-12,14H2,1H3,(H,24,29). The molecule has 2 heterocycles. The number of hydrogen-bond acceptors (Lipinski definition) is 7. The normalized spacial score (nSPS) is 10.7. The molecule has 0 aliphatic rings. The highest BCUT2D eigenvalue weighted by atomic mass is 19.1. The Bertz CT molecular complexity index is 1210. The van der Waals surface area contributed by atoms with Crippen LogP contribution in [0, 0.1) is 5.82 Å². The fourth-order valence-corrected chi connectivity index (χ4v) is 2.87. The number of carbonyl (C=O) groups is 1. The Morgan fingerprint density at radius 1 is 1.03 bits per heavy atom. The summed E-state index contributed by atoms with van der Waals surface area (Å²) in [5, 5.41) is 15.4. The molecule has 0 bridgehead atoms. The maximum Gasteiger partial charge on any atom is 0.258 e. The number of halogens is 1. The number of methoxy groups -OCH3 is 1. The highest BCUT2D eigenvalue weighted by molar-refractivity contribution is 5.77. The van der Waals surface area contributed by atoms with E-state index in [1.807, 2.05) is 24.3 Å². The molecule has 2 aromatic carbocycles. The van der Waals surface area contributed by atoms with Gasteiger partial charge in [0.25, 0.3) is 5.91 Å². The zero-order valence-corrected chi connectivity index (χ0v) is 17.2. The molecule has 1 N–H and O–H groups in total. The van der Waals surface area contributed by atoms with Gasteiger partial charge in [-0.1, -0.05) is 6.07 Å². The third kappa shape index (κ3) is 5.09. The van der Waals surface area contributed by atoms with E-state index in [0.29, 0.717) is 17.4 Å². The van der Waals surface area contributed by atoms with Crippen LogP contribution in [-0.4, -0.2) is 52.6 Å². The van der Waals surface area contributed by atoms with Crippen molar-refractivity contribution in [2.45, 2.75) is 0 Å². The Morgan fingerprint density at radius 2 is 1.88 bits per heavy atom. The summed E-state index contributed by atoms with van der Waals surface area (Å²) in [6.45, 7) is 0.225. The fourth-order valence-electron chi connectivity index (χ4n) is 2.87. The number of rotatable bonds is 9. The Labute approximate surface area is 182 Å². The zero-order valence-electron chi connectivity index (χ0n) is 17.2. The molecule has 164 valence electrons. The molecule has 0 aliphatic heterocycles. The van der Waals surface area contributed by atoms with Crippen molar-refractivity contribution in [1.29, 1.82) is 0 Å². The number of hydrogen-bond donors (Lipinski definition) is 1. The second-order valence-electron chi connectivity index (χ2n) is 6.64. The summed E-state index contributed by atoms with van der Waals surface area (Å²) in [6.07, 6.45) is 0. The van der Waals surface area contributed by atoms with Crippen LogP contribution in [0.5, 0.6) is 17.4 Å². The van der Waals surface area contributed by atoms with Crippen LogP contribution < -0.4 is 19.5 Å². The smallest absolute Gasteiger partial charge is 0.258 e. The van der Waals surface area contributed by atoms with E-state index in [4.69, 9.17) is 14.2 Å². The van der Waals surface area contributed by atoms with Crippen LogP contribution in [0.4, 0.5) is 4.39 Å². The summed E-state index contributed by atoms with van der Waals surface area (Å²) in [4.78, 5) is 11.9. The molecule has 0 saturated heterocycles. The van der Waals surface area contributed by atoms with Crippen LogP contribution in [0.15, 0.2) is 60.7 Å². The molecule has 0 radical (unpaired) electrons. The second kappa shape index (κ2) is 9.73. The van der Waals surface area contributed by atoms with E-state index in [9.17, 15) is 9.18 Å². The lowest BCUT2D eigenvalue weighted by atomic mass is 10.2. The van der Waals surface area contributed by atoms with Crippen molar-refractivity contribution >= 4 is 11.6 Å². The van der Waals surface area contributed by atoms with Crippen molar-refractivity contribution in [2.75, 3.05) is 26.9 Å². The van der Waals surface area contributed by atoms with E-state index < -0.39 is 5.82 Å². The van der Waals surface area contributed by atoms with Gasteiger partial charge in [-0.2, -0.15) is 4.52 Å². The van der Waals surface area contributed by atoms with Gasteiger partial charge in [0.1, 0.15) is 23.9 Å². The Hall–Kier alpha value is -4.21. The van der Waals surface area contributed by atoms with Crippen LogP contribution in [0.1, 0.15) is 0 Å². The first-order valence-electron chi connectivity index (χ1n) is 9.77. The van der Waals surface area contributed by atoms with Gasteiger partial charge in [-0.05, 0) is 42.5 Å². The summed E-state index contributed by atoms with van der Waals surface area (Å²) in [5.41, 5.74) is 1.40. The van der Waals surface area contributed by atoms with Gasteiger partial charge in [0, 0.05) is 17.7 Å². The molecular weight excluding hydrogens is 417 g/mol. The summed E-state index contributed by atoms with van der Waals surface area (Å²) in [5.74, 6) is 1.18. The van der Waals surface area contributed by atoms with Crippen molar-refractivity contribution in [3.63, 3.8) is 0 Å². The maximum absolute atomic E-state index is 13.1. The van der Waals surface area contributed by atoms with Crippen molar-refractivity contribution in [2.24, 2.45) is 0 Å². The fraction of sp³-hybridized carbons (Fsp3) is 0.182. The molecule has 4 rings (SSSR count). The number of benzene rings is 2. The van der Waals surface area contributed by atoms with Gasteiger partial charge in [-0.15, -0.1) is 15.3 Å². The maximum atomic E-state index is 13.1. The lowest BCUT2D eigenvalue weighted by molar-refractivity contribution is -0.123. The van der Waals surface area contributed by atoms with E-state index in [0.717, 1.165) is 11.3 Å². The van der Waals surface area contributed by atoms with Crippen LogP contribution in [-0.2, 0) is 4.79 Å². The molecule has 0 atom stereocenters. The molecule has 32 heavy (non-hydrogen) atoms. The predicted molar refractivity (Wildman–Crippen MR) is 113 cm³/mol. The van der Waals surface area contributed by atoms with E-state index in [1.165, 1.54) is 18.2 Å². The zero-order chi connectivity index (χ0) is 22.3. The average Bonchev–Trinajstić information content (AvgIpc) is 3.24. The highest BCUT2D eigenvalue weighted by Crippen LogP contribution is 2.21. The molecule has 0 unspecified atom stereocenters. The molecular formula is C22H20FN5O4. The highest BCUT2D eigenvalue weighted by Gasteiger charge is 2.11. The van der Waals surface area contributed by atoms with E-state index in [-0.39, 0.29) is 31.4 Å². The minimum atomic E-state index is -0.427. The van der Waals surface area contributed by atoms with Crippen LogP contribution in [0.3, 0.4) is 0 Å². The van der Waals surface area contributed by atoms with Crippen LogP contribution >= 0.6 is 0 Å². The van der Waals surface area contributed by atoms with Gasteiger partial charge >= 0.3 is 0 Å². The molecule has 0 spiro atoms. The third-order valence-corrected chi connectivity index (χ3v) is 4.43. The molecule has 0 saturated carbocycles. The lowest BCUT2D eigenvalue weighted by Crippen LogP contribution is -2.32. The van der Waals surface area contributed by atoms with Crippen molar-refractivity contribution < 1.29 is 23.4 Å². The average molecular weight is 437 g/mol. The number of nitrogens with zero attached hydrogens (tertiary/aromatic N) is 4. The minimum Gasteiger partial charge on any atom is -0.497 e. The monoisotopic (exact) mass is 437 g/mol. The number of amides is 1. The SMILES string of the molecule is COc1ccc(-c2nnc3ccc(OCCNC(=O)COc4cccc(F)c4)nn23)cc1. The van der Waals surface area contributed by atoms with E-state index in [1.54, 1.807) is 29.8 Å². The first kappa shape index (κ1) is 21.0. The van der Waals surface area contributed by atoms with Gasteiger partial charge in [0.15, 0.2) is 18.1 Å². The number of ether oxygens (including phenoxy) is 3. The topological polar surface area (TPSA) is 99.9 Å². The summed E-state index contributed by atoms with van der Waals surface area (Å²) < 4.78 is 30.7. The van der Waals surface area contributed by atoms with Crippen LogP contribution in [0.25, 0.3) is 17.0 Å². The summed E-state index contributed by atoms with van der Waals surface area (Å²) >= 11 is 0. The first-order chi connectivity index (χ1) is 15.6. The van der Waals surface area contributed by atoms with Gasteiger partial charge < -0.3 is 19.5 Å². The van der Waals surface area contributed by atoms with Gasteiger partial charge in [-0.25, -0.2) is 4.39 Å². The van der Waals surface area contributed by atoms with Gasteiger partial charge in [0.2, 0.25) is 5.88 Å². The predicted octanol–water partition coefficient (Wildman–Crippen LogP) is 2.51. The molecule has 1 amide bonds. The minimum absolute atomic E-state index is 0.199. The van der Waals surface area contributed by atoms with Gasteiger partial charge in [0.05, 0.1) is 13.7 Å². The van der Waals surface area contributed by atoms with E-state index >= 15 is 0 Å². The third-order valence-electron chi connectivity index (χ3n) is 4.43. The number of nitrogens with one attached hydrogen (secondary N) is 1. The molecule has 0 aliphatic carbocycles. The largest absolute Gasteiger partial charge is 0.497 e. The molecule has 2 aromatic heterocycles. The van der Waals surface area contributed by atoms with Gasteiger partial charge in [-0.3, -0.25) is 4.79 Å². The number of aromatic nitrogens is 4. The summed E-state index contributed by atoms with van der Waals surface area (Å²) in [6, 6.07) is 16.4. The first-order valence-corrected chi connectivity index (χ1v) is 9.77. The summed E-state index contributed by atoms with van der Waals surface area (Å²) in [7, 11) is 1.60. The quantitative estimate of drug-likeness (QED) is 0.402. The van der Waals surface area contributed by atoms with E-state index in [2.05, 4.69) is 20.6 Å². The lowest BCUT2D eigenvalue weighted by Gasteiger charge is -2.09. The molecule has 4 aromatic rings. The molecule has 9 nitrogen and oxygen atoms in total.